The molecule has 4 aromatic heterocycles. The predicted octanol–water partition coefficient (Wildman–Crippen LogP) is 4.91. The molecule has 5 rings (SSSR count). The molecule has 8 heteroatoms. The Morgan fingerprint density at radius 3 is 3.00 bits per heavy atom. The Bertz CT molecular complexity index is 1340. The van der Waals surface area contributed by atoms with E-state index in [-0.39, 0.29) is 10.9 Å². The van der Waals surface area contributed by atoms with Gasteiger partial charge in [0.2, 0.25) is 0 Å². The molecule has 1 amide bonds. The summed E-state index contributed by atoms with van der Waals surface area (Å²) in [5.41, 5.74) is 3.68. The maximum atomic E-state index is 12.7. The molecule has 0 fully saturated rings. The molecule has 0 spiro atoms. The van der Waals surface area contributed by atoms with Gasteiger partial charge in [-0.25, -0.2) is 9.50 Å². The zero-order chi connectivity index (χ0) is 19.1. The van der Waals surface area contributed by atoms with Crippen molar-refractivity contribution < 1.29 is 4.79 Å². The van der Waals surface area contributed by atoms with Crippen LogP contribution in [0.3, 0.4) is 0 Å². The molecule has 0 bridgehead atoms. The molecule has 0 atom stereocenters. The van der Waals surface area contributed by atoms with Gasteiger partial charge in [-0.3, -0.25) is 9.78 Å². The zero-order valence-electron chi connectivity index (χ0n) is 14.3. The first kappa shape index (κ1) is 16.9. The lowest BCUT2D eigenvalue weighted by Gasteiger charge is -2.04. The molecule has 0 aliphatic heterocycles. The van der Waals surface area contributed by atoms with E-state index in [1.807, 2.05) is 54.7 Å². The fourth-order valence-electron chi connectivity index (χ4n) is 3.01. The molecule has 1 aromatic carbocycles. The first-order valence-corrected chi connectivity index (χ1v) is 9.64. The number of benzene rings is 1. The van der Waals surface area contributed by atoms with Crippen LogP contribution in [0.15, 0.2) is 67.1 Å². The van der Waals surface area contributed by atoms with E-state index in [2.05, 4.69) is 20.4 Å². The van der Waals surface area contributed by atoms with Crippen molar-refractivity contribution in [1.82, 2.24) is 19.6 Å². The third-order valence-electron chi connectivity index (χ3n) is 4.33. The van der Waals surface area contributed by atoms with Gasteiger partial charge in [0.05, 0.1) is 17.2 Å². The third kappa shape index (κ3) is 2.90. The number of hydrogen-bond acceptors (Lipinski definition) is 5. The Hall–Kier alpha value is -3.29. The molecule has 6 nitrogen and oxygen atoms in total. The number of amides is 1. The van der Waals surface area contributed by atoms with Gasteiger partial charge in [0.1, 0.15) is 10.0 Å². The van der Waals surface area contributed by atoms with Crippen molar-refractivity contribution in [2.75, 3.05) is 5.32 Å². The number of halogens is 1. The average Bonchev–Trinajstić information content (AvgIpc) is 3.31. The maximum absolute atomic E-state index is 12.7. The SMILES string of the molecule is O=C(Nc1ccc2cccnc2c1)c1nc(-c2cnn3ccccc23)c(Cl)s1. The quantitative estimate of drug-likeness (QED) is 0.462. The average molecular weight is 406 g/mol. The van der Waals surface area contributed by atoms with Gasteiger partial charge in [-0.05, 0) is 30.3 Å². The van der Waals surface area contributed by atoms with E-state index in [0.717, 1.165) is 33.3 Å². The summed E-state index contributed by atoms with van der Waals surface area (Å²) in [5.74, 6) is -0.315. The van der Waals surface area contributed by atoms with Gasteiger partial charge in [-0.15, -0.1) is 0 Å². The Kier molecular flexibility index (Phi) is 4.03. The van der Waals surface area contributed by atoms with Gasteiger partial charge in [0.15, 0.2) is 5.01 Å². The van der Waals surface area contributed by atoms with E-state index in [0.29, 0.717) is 15.7 Å². The minimum atomic E-state index is -0.315. The number of fused-ring (bicyclic) bond motifs is 2. The van der Waals surface area contributed by atoms with Crippen molar-refractivity contribution >= 4 is 51.0 Å². The van der Waals surface area contributed by atoms with Crippen LogP contribution in [0.4, 0.5) is 5.69 Å². The van der Waals surface area contributed by atoms with E-state index in [4.69, 9.17) is 11.6 Å². The zero-order valence-corrected chi connectivity index (χ0v) is 15.9. The van der Waals surface area contributed by atoms with Crippen molar-refractivity contribution in [2.45, 2.75) is 0 Å². The van der Waals surface area contributed by atoms with Gasteiger partial charge >= 0.3 is 0 Å². The summed E-state index contributed by atoms with van der Waals surface area (Å²) in [6, 6.07) is 15.2. The van der Waals surface area contributed by atoms with E-state index in [9.17, 15) is 4.79 Å². The van der Waals surface area contributed by atoms with E-state index in [1.165, 1.54) is 0 Å². The molecule has 0 saturated heterocycles. The molecule has 0 aliphatic rings. The number of aromatic nitrogens is 4. The largest absolute Gasteiger partial charge is 0.320 e. The summed E-state index contributed by atoms with van der Waals surface area (Å²) in [6.45, 7) is 0. The number of nitrogens with one attached hydrogen (secondary N) is 1. The van der Waals surface area contributed by atoms with Gasteiger partial charge in [-0.1, -0.05) is 41.1 Å². The van der Waals surface area contributed by atoms with E-state index in [1.54, 1.807) is 16.9 Å². The van der Waals surface area contributed by atoms with Gasteiger partial charge < -0.3 is 5.32 Å². The van der Waals surface area contributed by atoms with Crippen LogP contribution in [0, 0.1) is 0 Å². The summed E-state index contributed by atoms with van der Waals surface area (Å²) >= 11 is 7.53. The monoisotopic (exact) mass is 405 g/mol. The molecule has 0 unspecified atom stereocenters. The van der Waals surface area contributed by atoms with Crippen LogP contribution in [-0.2, 0) is 0 Å². The Morgan fingerprint density at radius 2 is 2.07 bits per heavy atom. The lowest BCUT2D eigenvalue weighted by Crippen LogP contribution is -2.11. The fourth-order valence-corrected chi connectivity index (χ4v) is 4.08. The molecule has 0 saturated carbocycles. The molecule has 136 valence electrons. The Balaban J connectivity index is 1.46. The second-order valence-electron chi connectivity index (χ2n) is 6.10. The minimum Gasteiger partial charge on any atom is -0.320 e. The third-order valence-corrected chi connectivity index (χ3v) is 5.58. The van der Waals surface area contributed by atoms with Crippen molar-refractivity contribution in [1.29, 1.82) is 0 Å². The van der Waals surface area contributed by atoms with Crippen LogP contribution in [0.5, 0.6) is 0 Å². The number of pyridine rings is 2. The van der Waals surface area contributed by atoms with Gasteiger partial charge in [0.25, 0.3) is 5.91 Å². The number of anilines is 1. The molecule has 0 aliphatic carbocycles. The van der Waals surface area contributed by atoms with Crippen molar-refractivity contribution in [3.8, 4) is 11.3 Å². The second kappa shape index (κ2) is 6.70. The number of nitrogens with zero attached hydrogens (tertiary/aromatic N) is 4. The highest BCUT2D eigenvalue weighted by Crippen LogP contribution is 2.35. The van der Waals surface area contributed by atoms with Gasteiger partial charge in [0, 0.05) is 29.0 Å². The van der Waals surface area contributed by atoms with Gasteiger partial charge in [-0.2, -0.15) is 5.10 Å². The normalized spacial score (nSPS) is 11.2. The first-order chi connectivity index (χ1) is 13.7. The number of thiazole rings is 1. The highest BCUT2D eigenvalue weighted by atomic mass is 35.5. The molecule has 28 heavy (non-hydrogen) atoms. The number of carbonyl (C=O) groups is 1. The van der Waals surface area contributed by atoms with Crippen molar-refractivity contribution in [3.05, 3.63) is 76.5 Å². The van der Waals surface area contributed by atoms with Crippen LogP contribution < -0.4 is 5.32 Å². The highest BCUT2D eigenvalue weighted by molar-refractivity contribution is 7.18. The fraction of sp³-hybridized carbons (Fsp3) is 0. The Labute approximate surface area is 168 Å². The van der Waals surface area contributed by atoms with Crippen LogP contribution in [-0.4, -0.2) is 25.5 Å². The lowest BCUT2D eigenvalue weighted by atomic mass is 10.2. The number of hydrogen-bond donors (Lipinski definition) is 1. The van der Waals surface area contributed by atoms with Crippen LogP contribution >= 0.6 is 22.9 Å². The first-order valence-electron chi connectivity index (χ1n) is 8.44. The summed E-state index contributed by atoms with van der Waals surface area (Å²) in [4.78, 5) is 21.5. The molecule has 0 radical (unpaired) electrons. The predicted molar refractivity (Wildman–Crippen MR) is 111 cm³/mol. The van der Waals surface area contributed by atoms with Crippen LogP contribution in [0.2, 0.25) is 4.34 Å². The summed E-state index contributed by atoms with van der Waals surface area (Å²) in [6.07, 6.45) is 5.27. The summed E-state index contributed by atoms with van der Waals surface area (Å²) in [5, 5.41) is 8.46. The van der Waals surface area contributed by atoms with E-state index < -0.39 is 0 Å². The van der Waals surface area contributed by atoms with Crippen LogP contribution in [0.25, 0.3) is 27.7 Å². The number of carbonyl (C=O) groups excluding carboxylic acids is 1. The topological polar surface area (TPSA) is 72.2 Å². The standard InChI is InChI=1S/C20H12ClN5OS/c21-18-17(14-11-23-26-9-2-1-5-16(14)26)25-20(28-18)19(27)24-13-7-6-12-4-3-8-22-15(12)10-13/h1-11H,(H,24,27). The molecule has 4 heterocycles. The Morgan fingerprint density at radius 1 is 1.14 bits per heavy atom. The lowest BCUT2D eigenvalue weighted by molar-refractivity contribution is 0.102. The minimum absolute atomic E-state index is 0.288. The summed E-state index contributed by atoms with van der Waals surface area (Å²) < 4.78 is 2.19. The summed E-state index contributed by atoms with van der Waals surface area (Å²) in [7, 11) is 0. The van der Waals surface area contributed by atoms with Crippen molar-refractivity contribution in [3.63, 3.8) is 0 Å². The molecule has 5 aromatic rings. The smallest absolute Gasteiger partial charge is 0.284 e. The number of rotatable bonds is 3. The maximum Gasteiger partial charge on any atom is 0.284 e. The second-order valence-corrected chi connectivity index (χ2v) is 7.70. The van der Waals surface area contributed by atoms with Crippen molar-refractivity contribution in [2.24, 2.45) is 0 Å². The van der Waals surface area contributed by atoms with E-state index >= 15 is 0 Å². The highest BCUT2D eigenvalue weighted by Gasteiger charge is 2.19. The molecule has 1 N–H and O–H groups in total. The molecular formula is C20H12ClN5OS. The van der Waals surface area contributed by atoms with Crippen LogP contribution in [0.1, 0.15) is 9.80 Å². The molecular weight excluding hydrogens is 394 g/mol.